The number of benzene rings is 1. The number of hydrogen-bond donors (Lipinski definition) is 0. The Bertz CT molecular complexity index is 1590. The molecule has 4 rings (SSSR count). The third-order valence-electron chi connectivity index (χ3n) is 6.10. The first kappa shape index (κ1) is 34.2. The zero-order valence-corrected chi connectivity index (χ0v) is 25.6. The first-order chi connectivity index (χ1) is 21.0. The highest BCUT2D eigenvalue weighted by Gasteiger charge is 2.52. The van der Waals surface area contributed by atoms with E-state index in [0.29, 0.717) is 12.1 Å². The molecule has 3 aromatic rings. The lowest BCUT2D eigenvalue weighted by molar-refractivity contribution is -0.212. The normalized spacial score (nSPS) is 21.7. The van der Waals surface area contributed by atoms with E-state index in [2.05, 4.69) is 31.2 Å². The van der Waals surface area contributed by atoms with Gasteiger partial charge in [0.15, 0.2) is 35.4 Å². The van der Waals surface area contributed by atoms with Crippen LogP contribution in [0.3, 0.4) is 0 Å². The van der Waals surface area contributed by atoms with E-state index in [-0.39, 0.29) is 16.2 Å². The summed E-state index contributed by atoms with van der Waals surface area (Å²) in [4.78, 5) is 39.7. The second-order valence-electron chi connectivity index (χ2n) is 9.44. The Morgan fingerprint density at radius 1 is 1.00 bits per heavy atom. The number of carbonyl (C=O) groups is 3. The first-order valence-corrected chi connectivity index (χ1v) is 14.3. The van der Waals surface area contributed by atoms with Crippen LogP contribution in [0.1, 0.15) is 32.5 Å². The van der Waals surface area contributed by atoms with Gasteiger partial charge in [-0.1, -0.05) is 17.0 Å². The lowest BCUT2D eigenvalue weighted by Gasteiger charge is -2.44. The molecule has 3 heterocycles. The molecular weight excluding hydrogens is 706 g/mol. The van der Waals surface area contributed by atoms with Gasteiger partial charge >= 0.3 is 24.1 Å². The van der Waals surface area contributed by atoms with E-state index in [4.69, 9.17) is 18.9 Å². The summed E-state index contributed by atoms with van der Waals surface area (Å²) < 4.78 is 104. The van der Waals surface area contributed by atoms with E-state index < -0.39 is 88.1 Å². The van der Waals surface area contributed by atoms with Crippen LogP contribution >= 0.6 is 27.7 Å². The van der Waals surface area contributed by atoms with E-state index in [9.17, 15) is 40.7 Å². The molecule has 1 aliphatic rings. The molecule has 0 aliphatic carbocycles. The van der Waals surface area contributed by atoms with Crippen LogP contribution < -0.4 is 0 Å². The van der Waals surface area contributed by atoms with Crippen LogP contribution in [-0.4, -0.2) is 68.2 Å². The molecule has 242 valence electrons. The van der Waals surface area contributed by atoms with Crippen LogP contribution in [-0.2, 0) is 39.5 Å². The van der Waals surface area contributed by atoms with Gasteiger partial charge in [0.2, 0.25) is 0 Å². The van der Waals surface area contributed by atoms with Crippen molar-refractivity contribution in [2.24, 2.45) is 0 Å². The molecule has 0 bridgehead atoms. The number of alkyl halides is 3. The van der Waals surface area contributed by atoms with Gasteiger partial charge in [-0.15, -0.1) is 5.10 Å². The third-order valence-corrected chi connectivity index (χ3v) is 7.82. The molecule has 0 radical (unpaired) electrons. The quantitative estimate of drug-likeness (QED) is 0.134. The van der Waals surface area contributed by atoms with Crippen LogP contribution in [0.15, 0.2) is 40.0 Å². The minimum atomic E-state index is -4.76. The van der Waals surface area contributed by atoms with Crippen molar-refractivity contribution in [3.8, 4) is 11.3 Å². The molecule has 0 N–H and O–H groups in total. The predicted octanol–water partition coefficient (Wildman–Crippen LogP) is 5.02. The second kappa shape index (κ2) is 13.7. The highest BCUT2D eigenvalue weighted by Crippen LogP contribution is 2.43. The van der Waals surface area contributed by atoms with Gasteiger partial charge in [0.05, 0.1) is 6.20 Å². The SMILES string of the molecule is CC(=O)OCC1O[C@H](Sc2cnc(C(F)(F)F)c(Br)c2)C(OC(C)=O)C(n2cc(-c3cc(F)c(F)c(F)c3)nn2)[C@H]1OC(C)=O. The molecule has 1 saturated heterocycles. The van der Waals surface area contributed by atoms with Crippen molar-refractivity contribution in [1.29, 1.82) is 0 Å². The molecule has 0 spiro atoms. The number of halogens is 7. The van der Waals surface area contributed by atoms with Crippen molar-refractivity contribution in [3.63, 3.8) is 0 Å². The number of nitrogens with zero attached hydrogens (tertiary/aromatic N) is 4. The van der Waals surface area contributed by atoms with Crippen LogP contribution in [0.5, 0.6) is 0 Å². The molecule has 2 aromatic heterocycles. The summed E-state index contributed by atoms with van der Waals surface area (Å²) >= 11 is 3.62. The molecule has 45 heavy (non-hydrogen) atoms. The maximum Gasteiger partial charge on any atom is 0.434 e. The maximum absolute atomic E-state index is 14.0. The molecule has 19 heteroatoms. The fourth-order valence-electron chi connectivity index (χ4n) is 4.36. The molecule has 1 aliphatic heterocycles. The predicted molar refractivity (Wildman–Crippen MR) is 144 cm³/mol. The molecule has 5 atom stereocenters. The van der Waals surface area contributed by atoms with Crippen molar-refractivity contribution in [1.82, 2.24) is 20.0 Å². The number of aromatic nitrogens is 4. The van der Waals surface area contributed by atoms with Gasteiger partial charge in [-0.25, -0.2) is 22.8 Å². The lowest BCUT2D eigenvalue weighted by Crippen LogP contribution is -2.57. The molecule has 11 nitrogen and oxygen atoms in total. The van der Waals surface area contributed by atoms with Gasteiger partial charge in [-0.2, -0.15) is 13.2 Å². The Hall–Kier alpha value is -3.71. The number of ether oxygens (including phenoxy) is 4. The standard InChI is InChI=1S/C26H21BrF6N4O7S/c1-10(38)41-9-19-22(42-11(2)39)21(37-8-18(35-36-37)13-4-16(28)20(30)17(29)5-13)23(43-12(3)40)25(44-19)45-14-6-15(27)24(34-7-14)26(31,32)33/h4-8,19,21-23,25H,9H2,1-3H3/t19?,21?,22-,23?,25+/m0/s1. The highest BCUT2D eigenvalue weighted by molar-refractivity contribution is 9.10. The third kappa shape index (κ3) is 8.12. The minimum Gasteiger partial charge on any atom is -0.463 e. The van der Waals surface area contributed by atoms with Gasteiger partial charge in [-0.3, -0.25) is 14.4 Å². The van der Waals surface area contributed by atoms with Crippen molar-refractivity contribution >= 4 is 45.6 Å². The Morgan fingerprint density at radius 2 is 1.62 bits per heavy atom. The van der Waals surface area contributed by atoms with E-state index in [1.165, 1.54) is 0 Å². The Kier molecular flexibility index (Phi) is 10.4. The fraction of sp³-hybridized carbons (Fsp3) is 0.385. The Labute approximate surface area is 262 Å². The van der Waals surface area contributed by atoms with Crippen molar-refractivity contribution in [2.45, 2.75) is 61.6 Å². The van der Waals surface area contributed by atoms with Gasteiger partial charge in [-0.05, 0) is 34.1 Å². The minimum absolute atomic E-state index is 0.115. The molecule has 1 aromatic carbocycles. The summed E-state index contributed by atoms with van der Waals surface area (Å²) in [5.74, 6) is -7.15. The number of pyridine rings is 1. The zero-order valence-electron chi connectivity index (χ0n) is 23.2. The van der Waals surface area contributed by atoms with Crippen LogP contribution in [0.4, 0.5) is 26.3 Å². The average molecular weight is 727 g/mol. The topological polar surface area (TPSA) is 132 Å². The Morgan fingerprint density at radius 3 is 2.18 bits per heavy atom. The van der Waals surface area contributed by atoms with Gasteiger partial charge < -0.3 is 18.9 Å². The van der Waals surface area contributed by atoms with E-state index in [0.717, 1.165) is 55.7 Å². The Balaban J connectivity index is 1.82. The summed E-state index contributed by atoms with van der Waals surface area (Å²) in [6, 6.07) is 1.11. The molecule has 1 fully saturated rings. The number of thioether (sulfide) groups is 1. The van der Waals surface area contributed by atoms with Crippen LogP contribution in [0.25, 0.3) is 11.3 Å². The molecular formula is C26H21BrF6N4O7S. The fourth-order valence-corrected chi connectivity index (χ4v) is 6.21. The van der Waals surface area contributed by atoms with Gasteiger partial charge in [0.25, 0.3) is 0 Å². The second-order valence-corrected chi connectivity index (χ2v) is 11.5. The van der Waals surface area contributed by atoms with Crippen molar-refractivity contribution in [3.05, 3.63) is 58.2 Å². The van der Waals surface area contributed by atoms with Crippen LogP contribution in [0.2, 0.25) is 0 Å². The van der Waals surface area contributed by atoms with Crippen molar-refractivity contribution in [2.75, 3.05) is 6.61 Å². The van der Waals surface area contributed by atoms with Crippen LogP contribution in [0, 0.1) is 17.5 Å². The smallest absolute Gasteiger partial charge is 0.434 e. The summed E-state index contributed by atoms with van der Waals surface area (Å²) in [6.07, 6.45) is -6.81. The largest absolute Gasteiger partial charge is 0.463 e. The summed E-state index contributed by atoms with van der Waals surface area (Å²) in [5, 5.41) is 7.84. The van der Waals surface area contributed by atoms with E-state index in [1.807, 2.05) is 0 Å². The van der Waals surface area contributed by atoms with E-state index >= 15 is 0 Å². The zero-order chi connectivity index (χ0) is 33.2. The molecule has 0 amide bonds. The summed E-state index contributed by atoms with van der Waals surface area (Å²) in [6.45, 7) is 2.71. The lowest BCUT2D eigenvalue weighted by atomic mass is 9.96. The molecule has 0 saturated carbocycles. The number of hydrogen-bond acceptors (Lipinski definition) is 11. The number of esters is 3. The maximum atomic E-state index is 14.0. The number of rotatable bonds is 8. The first-order valence-electron chi connectivity index (χ1n) is 12.6. The summed E-state index contributed by atoms with van der Waals surface area (Å²) in [5.41, 5.74) is -2.87. The van der Waals surface area contributed by atoms with Gasteiger partial charge in [0, 0.05) is 41.9 Å². The summed E-state index contributed by atoms with van der Waals surface area (Å²) in [7, 11) is 0. The average Bonchev–Trinajstić information content (AvgIpc) is 3.40. The van der Waals surface area contributed by atoms with Gasteiger partial charge in [0.1, 0.15) is 29.9 Å². The highest BCUT2D eigenvalue weighted by atomic mass is 79.9. The molecule has 3 unspecified atom stereocenters. The van der Waals surface area contributed by atoms with Crippen molar-refractivity contribution < 1.29 is 59.7 Å². The van der Waals surface area contributed by atoms with E-state index in [1.54, 1.807) is 0 Å². The number of carbonyl (C=O) groups excluding carboxylic acids is 3. The monoisotopic (exact) mass is 726 g/mol.